The highest BCUT2D eigenvalue weighted by Crippen LogP contribution is 2.39. The number of aromatic nitrogens is 2. The van der Waals surface area contributed by atoms with Gasteiger partial charge in [0, 0.05) is 53.6 Å². The molecule has 234 valence electrons. The van der Waals surface area contributed by atoms with Crippen LogP contribution in [0.5, 0.6) is 5.75 Å². The minimum atomic E-state index is -2.53. The Hall–Kier alpha value is -3.19. The summed E-state index contributed by atoms with van der Waals surface area (Å²) in [5.41, 5.74) is 3.65. The largest absolute Gasteiger partial charge is 0.493 e. The average molecular weight is 636 g/mol. The predicted molar refractivity (Wildman–Crippen MR) is 182 cm³/mol. The van der Waals surface area contributed by atoms with E-state index in [0.29, 0.717) is 46.8 Å². The third kappa shape index (κ3) is 7.90. The minimum absolute atomic E-state index is 0.205. The zero-order valence-corrected chi connectivity index (χ0v) is 27.9. The molecule has 5 rings (SSSR count). The molecule has 0 saturated heterocycles. The number of ketones is 1. The van der Waals surface area contributed by atoms with E-state index in [0.717, 1.165) is 66.6 Å². The third-order valence-corrected chi connectivity index (χ3v) is 10.3. The minimum Gasteiger partial charge on any atom is -0.493 e. The van der Waals surface area contributed by atoms with Gasteiger partial charge >= 0.3 is 0 Å². The monoisotopic (exact) mass is 635 g/mol. The second-order valence-electron chi connectivity index (χ2n) is 12.6. The molecule has 1 fully saturated rings. The normalized spacial score (nSPS) is 21.9. The smallest absolute Gasteiger partial charge is 0.229 e. The molecule has 0 amide bonds. The Morgan fingerprint density at radius 2 is 1.95 bits per heavy atom. The lowest BCUT2D eigenvalue weighted by molar-refractivity contribution is -0.120. The SMILES string of the molecule is CC(=O)C1CCC(N2CC/C=C\c3c(C)cc(Nc4ncc(Cl)c(Nc5ccccc5P(C)(C)=O)n4)cc3OC[C@H](C)C2)C1. The van der Waals surface area contributed by atoms with Crippen LogP contribution in [-0.2, 0) is 9.36 Å². The van der Waals surface area contributed by atoms with Gasteiger partial charge in [-0.1, -0.05) is 42.8 Å². The van der Waals surface area contributed by atoms with E-state index < -0.39 is 7.14 Å². The number of para-hydroxylation sites is 1. The van der Waals surface area contributed by atoms with Gasteiger partial charge in [0.1, 0.15) is 23.7 Å². The summed E-state index contributed by atoms with van der Waals surface area (Å²) in [4.78, 5) is 23.6. The molecule has 2 aliphatic rings. The van der Waals surface area contributed by atoms with E-state index in [1.807, 2.05) is 30.3 Å². The molecule has 2 aromatic carbocycles. The Morgan fingerprint density at radius 3 is 2.70 bits per heavy atom. The summed E-state index contributed by atoms with van der Waals surface area (Å²) < 4.78 is 19.3. The second-order valence-corrected chi connectivity index (χ2v) is 16.2. The molecule has 0 bridgehead atoms. The standard InChI is InChI=1S/C34H43ClN5O3P/c1-22-20-40(27-14-13-25(17-27)24(3)41)15-9-8-10-28-23(2)16-26(18-31(28)43-21-22)37-34-36-19-29(35)33(39-34)38-30-11-6-7-12-32(30)44(4,5)42/h6-8,10-12,16,18-19,22,25,27H,9,13-15,17,20-21H2,1-5H3,(H2,36,37,38,39)/b10-8-/t22-,25?,27?/m1/s1. The molecule has 1 aromatic heterocycles. The molecule has 8 nitrogen and oxygen atoms in total. The van der Waals surface area contributed by atoms with E-state index in [1.54, 1.807) is 26.5 Å². The molecular weight excluding hydrogens is 593 g/mol. The summed E-state index contributed by atoms with van der Waals surface area (Å²) in [7, 11) is -2.53. The molecular formula is C34H43ClN5O3P. The summed E-state index contributed by atoms with van der Waals surface area (Å²) in [6, 6.07) is 12.0. The topological polar surface area (TPSA) is 96.5 Å². The number of ether oxygens (including phenoxy) is 1. The first-order valence-corrected chi connectivity index (χ1v) is 18.4. The van der Waals surface area contributed by atoms with Crippen LogP contribution in [0.3, 0.4) is 0 Å². The van der Waals surface area contributed by atoms with Crippen molar-refractivity contribution in [2.45, 2.75) is 52.5 Å². The van der Waals surface area contributed by atoms with Gasteiger partial charge in [0.25, 0.3) is 0 Å². The number of carbonyl (C=O) groups is 1. The molecule has 1 saturated carbocycles. The maximum atomic E-state index is 12.9. The number of benzene rings is 2. The van der Waals surface area contributed by atoms with Gasteiger partial charge in [-0.2, -0.15) is 4.98 Å². The lowest BCUT2D eigenvalue weighted by Crippen LogP contribution is -2.39. The van der Waals surface area contributed by atoms with Gasteiger partial charge < -0.3 is 19.9 Å². The van der Waals surface area contributed by atoms with Crippen LogP contribution < -0.4 is 20.7 Å². The number of fused-ring (bicyclic) bond motifs is 1. The van der Waals surface area contributed by atoms with Crippen molar-refractivity contribution < 1.29 is 14.1 Å². The van der Waals surface area contributed by atoms with Gasteiger partial charge in [0.15, 0.2) is 5.82 Å². The van der Waals surface area contributed by atoms with Crippen molar-refractivity contribution in [1.29, 1.82) is 0 Å². The first kappa shape index (κ1) is 32.2. The number of carbonyl (C=O) groups excluding carboxylic acids is 1. The van der Waals surface area contributed by atoms with Crippen molar-refractivity contribution in [1.82, 2.24) is 14.9 Å². The highest BCUT2D eigenvalue weighted by molar-refractivity contribution is 7.70. The van der Waals surface area contributed by atoms with E-state index in [1.165, 1.54) is 0 Å². The molecule has 3 aromatic rings. The fourth-order valence-corrected chi connectivity index (χ4v) is 7.49. The first-order valence-electron chi connectivity index (χ1n) is 15.4. The molecule has 1 aliphatic carbocycles. The highest BCUT2D eigenvalue weighted by atomic mass is 35.5. The highest BCUT2D eigenvalue weighted by Gasteiger charge is 2.32. The molecule has 10 heteroatoms. The Morgan fingerprint density at radius 1 is 1.16 bits per heavy atom. The molecule has 1 aliphatic heterocycles. The van der Waals surface area contributed by atoms with Crippen LogP contribution in [0.1, 0.15) is 50.7 Å². The maximum absolute atomic E-state index is 12.9. The number of anilines is 4. The number of aryl methyl sites for hydroxylation is 1. The van der Waals surface area contributed by atoms with Crippen LogP contribution in [-0.4, -0.2) is 59.7 Å². The van der Waals surface area contributed by atoms with Gasteiger partial charge in [-0.3, -0.25) is 9.69 Å². The molecule has 2 heterocycles. The van der Waals surface area contributed by atoms with Crippen molar-refractivity contribution in [3.8, 4) is 5.75 Å². The number of nitrogens with zero attached hydrogens (tertiary/aromatic N) is 3. The van der Waals surface area contributed by atoms with Crippen molar-refractivity contribution in [3.63, 3.8) is 0 Å². The van der Waals surface area contributed by atoms with Crippen LogP contribution >= 0.6 is 18.7 Å². The Kier molecular flexibility index (Phi) is 10.1. The van der Waals surface area contributed by atoms with E-state index in [4.69, 9.17) is 16.3 Å². The lowest BCUT2D eigenvalue weighted by atomic mass is 10.0. The second kappa shape index (κ2) is 13.8. The van der Waals surface area contributed by atoms with E-state index >= 15 is 0 Å². The Labute approximate surface area is 266 Å². The number of hydrogen-bond donors (Lipinski definition) is 2. The molecule has 2 N–H and O–H groups in total. The molecule has 2 unspecified atom stereocenters. The number of Topliss-reactive ketones (excluding diaryl/α,β-unsaturated/α-hetero) is 1. The summed E-state index contributed by atoms with van der Waals surface area (Å²) in [5.74, 6) is 2.46. The van der Waals surface area contributed by atoms with Crippen LogP contribution in [0.4, 0.5) is 23.1 Å². The maximum Gasteiger partial charge on any atom is 0.229 e. The quantitative estimate of drug-likeness (QED) is 0.255. The van der Waals surface area contributed by atoms with Gasteiger partial charge in [-0.15, -0.1) is 0 Å². The fourth-order valence-electron chi connectivity index (χ4n) is 6.20. The Bertz CT molecular complexity index is 1590. The van der Waals surface area contributed by atoms with Crippen molar-refractivity contribution in [2.75, 3.05) is 43.7 Å². The molecule has 44 heavy (non-hydrogen) atoms. The van der Waals surface area contributed by atoms with Gasteiger partial charge in [-0.05, 0) is 76.6 Å². The zero-order valence-electron chi connectivity index (χ0n) is 26.3. The first-order chi connectivity index (χ1) is 21.0. The van der Waals surface area contributed by atoms with Crippen LogP contribution in [0.25, 0.3) is 6.08 Å². The summed E-state index contributed by atoms with van der Waals surface area (Å²) >= 11 is 6.47. The zero-order chi connectivity index (χ0) is 31.4. The van der Waals surface area contributed by atoms with Gasteiger partial charge in [0.05, 0.1) is 18.5 Å². The predicted octanol–water partition coefficient (Wildman–Crippen LogP) is 7.67. The number of rotatable bonds is 7. The van der Waals surface area contributed by atoms with Crippen molar-refractivity contribution >= 4 is 59.0 Å². The van der Waals surface area contributed by atoms with Crippen LogP contribution in [0, 0.1) is 18.8 Å². The summed E-state index contributed by atoms with van der Waals surface area (Å²) in [5, 5.41) is 7.67. The van der Waals surface area contributed by atoms with Gasteiger partial charge in [0.2, 0.25) is 5.95 Å². The van der Waals surface area contributed by atoms with E-state index in [2.05, 4.69) is 57.6 Å². The summed E-state index contributed by atoms with van der Waals surface area (Å²) in [6.45, 7) is 12.0. The van der Waals surface area contributed by atoms with Crippen LogP contribution in [0.2, 0.25) is 5.02 Å². The molecule has 0 radical (unpaired) electrons. The van der Waals surface area contributed by atoms with Gasteiger partial charge in [-0.25, -0.2) is 4.98 Å². The number of hydrogen-bond acceptors (Lipinski definition) is 8. The lowest BCUT2D eigenvalue weighted by Gasteiger charge is -2.31. The molecule has 0 spiro atoms. The van der Waals surface area contributed by atoms with Crippen molar-refractivity contribution in [3.05, 3.63) is 64.8 Å². The fraction of sp³-hybridized carbons (Fsp3) is 0.441. The summed E-state index contributed by atoms with van der Waals surface area (Å²) in [6.07, 6.45) is 9.93. The number of nitrogens with one attached hydrogen (secondary N) is 2. The third-order valence-electron chi connectivity index (χ3n) is 8.52. The van der Waals surface area contributed by atoms with Crippen LogP contribution in [0.15, 0.2) is 48.7 Å². The van der Waals surface area contributed by atoms with E-state index in [-0.39, 0.29) is 5.92 Å². The Balaban J connectivity index is 1.33. The molecule has 3 atom stereocenters. The van der Waals surface area contributed by atoms with E-state index in [9.17, 15) is 9.36 Å². The number of halogens is 1. The average Bonchev–Trinajstić information content (AvgIpc) is 3.45. The van der Waals surface area contributed by atoms with Crippen molar-refractivity contribution in [2.24, 2.45) is 11.8 Å².